The molecule has 1 aromatic heterocycles. The van der Waals surface area contributed by atoms with E-state index < -0.39 is 12.1 Å². The fourth-order valence-electron chi connectivity index (χ4n) is 3.69. The number of hydrogen-bond donors (Lipinski definition) is 0. The van der Waals surface area contributed by atoms with Gasteiger partial charge >= 0.3 is 5.97 Å². The van der Waals surface area contributed by atoms with Crippen LogP contribution in [0.25, 0.3) is 5.69 Å². The summed E-state index contributed by atoms with van der Waals surface area (Å²) in [7, 11) is 1.76. The number of carbonyl (C=O) groups excluding carboxylic acids is 2. The summed E-state index contributed by atoms with van der Waals surface area (Å²) in [5.41, 5.74) is 0.972. The van der Waals surface area contributed by atoms with Crippen LogP contribution in [0, 0.1) is 12.7 Å². The summed E-state index contributed by atoms with van der Waals surface area (Å²) in [5.74, 6) is -1.33. The van der Waals surface area contributed by atoms with Gasteiger partial charge in [0.15, 0.2) is 6.10 Å². The number of benzene rings is 1. The highest BCUT2D eigenvalue weighted by Crippen LogP contribution is 2.26. The lowest BCUT2D eigenvalue weighted by Gasteiger charge is -2.32. The van der Waals surface area contributed by atoms with Gasteiger partial charge < -0.3 is 9.64 Å². The molecule has 0 bridgehead atoms. The minimum atomic E-state index is -0.931. The van der Waals surface area contributed by atoms with Crippen LogP contribution in [0.2, 0.25) is 5.15 Å². The third-order valence-corrected chi connectivity index (χ3v) is 5.73. The molecule has 1 aliphatic rings. The van der Waals surface area contributed by atoms with Crippen molar-refractivity contribution >= 4 is 23.5 Å². The second-order valence-corrected chi connectivity index (χ2v) is 7.79. The molecule has 6 nitrogen and oxygen atoms in total. The number of carbonyl (C=O) groups is 2. The van der Waals surface area contributed by atoms with Gasteiger partial charge in [-0.05, 0) is 51.0 Å². The van der Waals surface area contributed by atoms with Gasteiger partial charge in [0.25, 0.3) is 5.91 Å². The van der Waals surface area contributed by atoms with Gasteiger partial charge in [-0.25, -0.2) is 13.9 Å². The van der Waals surface area contributed by atoms with Crippen LogP contribution in [0.15, 0.2) is 24.3 Å². The van der Waals surface area contributed by atoms with Crippen LogP contribution in [0.4, 0.5) is 4.39 Å². The number of aryl methyl sites for hydroxylation is 1. The minimum Gasteiger partial charge on any atom is -0.449 e. The first-order valence-electron chi connectivity index (χ1n) is 9.78. The van der Waals surface area contributed by atoms with Gasteiger partial charge in [-0.3, -0.25) is 4.79 Å². The Balaban J connectivity index is 1.73. The van der Waals surface area contributed by atoms with Crippen molar-refractivity contribution in [1.29, 1.82) is 0 Å². The van der Waals surface area contributed by atoms with E-state index in [-0.39, 0.29) is 28.5 Å². The molecule has 2 aromatic rings. The van der Waals surface area contributed by atoms with E-state index in [1.54, 1.807) is 25.8 Å². The van der Waals surface area contributed by atoms with Crippen LogP contribution in [0.5, 0.6) is 0 Å². The number of esters is 1. The number of ether oxygens (including phenoxy) is 1. The summed E-state index contributed by atoms with van der Waals surface area (Å²) in [6, 6.07) is 5.76. The van der Waals surface area contributed by atoms with E-state index in [1.807, 2.05) is 0 Å². The lowest BCUT2D eigenvalue weighted by molar-refractivity contribution is -0.141. The summed E-state index contributed by atoms with van der Waals surface area (Å²) < 4.78 is 19.9. The first kappa shape index (κ1) is 21.3. The second kappa shape index (κ2) is 8.95. The summed E-state index contributed by atoms with van der Waals surface area (Å²) in [5, 5.41) is 4.31. The number of aromatic nitrogens is 2. The number of rotatable bonds is 5. The van der Waals surface area contributed by atoms with Gasteiger partial charge in [-0.15, -0.1) is 0 Å². The zero-order valence-corrected chi connectivity index (χ0v) is 17.6. The van der Waals surface area contributed by atoms with Crippen LogP contribution in [-0.4, -0.2) is 45.8 Å². The Morgan fingerprint density at radius 2 is 1.86 bits per heavy atom. The van der Waals surface area contributed by atoms with Crippen molar-refractivity contribution in [2.24, 2.45) is 0 Å². The molecule has 1 fully saturated rings. The molecule has 8 heteroatoms. The number of amides is 1. The fourth-order valence-corrected chi connectivity index (χ4v) is 4.04. The van der Waals surface area contributed by atoms with Crippen molar-refractivity contribution in [3.05, 3.63) is 46.5 Å². The van der Waals surface area contributed by atoms with Gasteiger partial charge in [0.2, 0.25) is 0 Å². The maximum Gasteiger partial charge on any atom is 0.344 e. The Morgan fingerprint density at radius 3 is 2.48 bits per heavy atom. The molecular formula is C21H25ClFN3O3. The first-order chi connectivity index (χ1) is 13.8. The van der Waals surface area contributed by atoms with Crippen LogP contribution < -0.4 is 0 Å². The molecule has 1 amide bonds. The van der Waals surface area contributed by atoms with E-state index in [1.165, 1.54) is 35.4 Å². The number of halogens is 2. The summed E-state index contributed by atoms with van der Waals surface area (Å²) in [6.45, 7) is 3.19. The molecule has 156 valence electrons. The first-order valence-corrected chi connectivity index (χ1v) is 10.2. The summed E-state index contributed by atoms with van der Waals surface area (Å²) >= 11 is 6.36. The maximum absolute atomic E-state index is 13.2. The average Bonchev–Trinajstić information content (AvgIpc) is 3.02. The van der Waals surface area contributed by atoms with Crippen molar-refractivity contribution < 1.29 is 18.7 Å². The fraction of sp³-hybridized carbons (Fsp3) is 0.476. The van der Waals surface area contributed by atoms with Gasteiger partial charge in [-0.2, -0.15) is 5.10 Å². The van der Waals surface area contributed by atoms with Gasteiger partial charge in [0.05, 0.1) is 11.4 Å². The van der Waals surface area contributed by atoms with E-state index in [0.29, 0.717) is 11.4 Å². The van der Waals surface area contributed by atoms with Crippen molar-refractivity contribution in [2.75, 3.05) is 7.05 Å². The van der Waals surface area contributed by atoms with E-state index in [2.05, 4.69) is 5.10 Å². The Hall–Kier alpha value is -2.41. The van der Waals surface area contributed by atoms with Crippen LogP contribution in [0.3, 0.4) is 0 Å². The summed E-state index contributed by atoms with van der Waals surface area (Å²) in [6.07, 6.45) is 4.41. The molecule has 3 rings (SSSR count). The lowest BCUT2D eigenvalue weighted by Crippen LogP contribution is -2.44. The highest BCUT2D eigenvalue weighted by molar-refractivity contribution is 6.33. The SMILES string of the molecule is Cc1nn(-c2ccc(F)cc2)c(Cl)c1C(=O)O[C@H](C)C(=O)N(C)C1CCCCC1. The Kier molecular flexibility index (Phi) is 6.57. The van der Waals surface area contributed by atoms with Crippen LogP contribution in [0.1, 0.15) is 55.1 Å². The van der Waals surface area contributed by atoms with Gasteiger partial charge in [-0.1, -0.05) is 30.9 Å². The van der Waals surface area contributed by atoms with E-state index in [9.17, 15) is 14.0 Å². The molecule has 0 radical (unpaired) electrons. The monoisotopic (exact) mass is 421 g/mol. The Labute approximate surface area is 174 Å². The molecule has 0 unspecified atom stereocenters. The third-order valence-electron chi connectivity index (χ3n) is 5.38. The highest BCUT2D eigenvalue weighted by atomic mass is 35.5. The second-order valence-electron chi connectivity index (χ2n) is 7.43. The average molecular weight is 422 g/mol. The standard InChI is InChI=1S/C21H25ClFN3O3/c1-13-18(19(22)26(24-13)17-11-9-15(23)10-12-17)21(28)29-14(2)20(27)25(3)16-7-5-4-6-8-16/h9-12,14,16H,4-8H2,1-3H3/t14-/m1/s1. The molecule has 0 saturated heterocycles. The van der Waals surface area contributed by atoms with E-state index >= 15 is 0 Å². The molecule has 1 aliphatic carbocycles. The number of likely N-dealkylation sites (N-methyl/N-ethyl adjacent to an activating group) is 1. The topological polar surface area (TPSA) is 64.4 Å². The van der Waals surface area contributed by atoms with Crippen molar-refractivity contribution in [3.8, 4) is 5.69 Å². The van der Waals surface area contributed by atoms with Crippen LogP contribution in [-0.2, 0) is 9.53 Å². The molecule has 29 heavy (non-hydrogen) atoms. The largest absolute Gasteiger partial charge is 0.449 e. The molecule has 1 atom stereocenters. The van der Waals surface area contributed by atoms with Gasteiger partial charge in [0, 0.05) is 13.1 Å². The van der Waals surface area contributed by atoms with Gasteiger partial charge in [0.1, 0.15) is 16.5 Å². The van der Waals surface area contributed by atoms with E-state index in [0.717, 1.165) is 25.7 Å². The minimum absolute atomic E-state index is 0.0550. The molecule has 1 saturated carbocycles. The Morgan fingerprint density at radius 1 is 1.24 bits per heavy atom. The van der Waals surface area contributed by atoms with Crippen molar-refractivity contribution in [2.45, 2.75) is 58.1 Å². The van der Waals surface area contributed by atoms with Crippen molar-refractivity contribution in [3.63, 3.8) is 0 Å². The maximum atomic E-state index is 13.2. The number of nitrogens with zero attached hydrogens (tertiary/aromatic N) is 3. The zero-order chi connectivity index (χ0) is 21.1. The molecule has 1 aromatic carbocycles. The molecular weight excluding hydrogens is 397 g/mol. The molecule has 0 N–H and O–H groups in total. The normalized spacial score (nSPS) is 15.8. The highest BCUT2D eigenvalue weighted by Gasteiger charge is 2.30. The molecule has 0 spiro atoms. The molecule has 0 aliphatic heterocycles. The summed E-state index contributed by atoms with van der Waals surface area (Å²) in [4.78, 5) is 27.1. The predicted octanol–water partition coefficient (Wildman–Crippen LogP) is 4.31. The van der Waals surface area contributed by atoms with Crippen LogP contribution >= 0.6 is 11.6 Å². The van der Waals surface area contributed by atoms with E-state index in [4.69, 9.17) is 16.3 Å². The smallest absolute Gasteiger partial charge is 0.344 e. The molecule has 1 heterocycles. The number of hydrogen-bond acceptors (Lipinski definition) is 4. The quantitative estimate of drug-likeness (QED) is 0.675. The van der Waals surface area contributed by atoms with Crippen molar-refractivity contribution in [1.82, 2.24) is 14.7 Å². The Bertz CT molecular complexity index is 891. The zero-order valence-electron chi connectivity index (χ0n) is 16.8. The third kappa shape index (κ3) is 4.61. The predicted molar refractivity (Wildman–Crippen MR) is 108 cm³/mol. The lowest BCUT2D eigenvalue weighted by atomic mass is 9.94.